The molecule has 2 unspecified atom stereocenters. The average molecular weight is 214 g/mol. The van der Waals surface area contributed by atoms with E-state index in [1.165, 1.54) is 0 Å². The fourth-order valence-corrected chi connectivity index (χ4v) is 2.50. The third-order valence-corrected chi connectivity index (χ3v) is 3.47. The maximum atomic E-state index is 12.0. The van der Waals surface area contributed by atoms with Gasteiger partial charge >= 0.3 is 0 Å². The van der Waals surface area contributed by atoms with Gasteiger partial charge in [-0.3, -0.25) is 4.79 Å². The van der Waals surface area contributed by atoms with Crippen LogP contribution < -0.4 is 0 Å². The predicted molar refractivity (Wildman–Crippen MR) is 61.9 cm³/mol. The van der Waals surface area contributed by atoms with E-state index in [0.29, 0.717) is 0 Å². The molecule has 16 heavy (non-hydrogen) atoms. The molecular formula is C14H14O2. The van der Waals surface area contributed by atoms with Gasteiger partial charge in [-0.25, -0.2) is 0 Å². The van der Waals surface area contributed by atoms with Gasteiger partial charge in [0.2, 0.25) is 0 Å². The summed E-state index contributed by atoms with van der Waals surface area (Å²) in [5.74, 6) is 0.138. The van der Waals surface area contributed by atoms with Crippen molar-refractivity contribution < 1.29 is 9.53 Å². The monoisotopic (exact) mass is 214 g/mol. The Balaban J connectivity index is 1.72. The molecule has 82 valence electrons. The standard InChI is InChI=1S/C14H14O2/c15-12(14-10-4-7-13(14)16-14)9-8-11-5-2-1-3-6-11/h1-3,5-6,8-9,13H,4,7,10H2/b9-8+. The van der Waals surface area contributed by atoms with Gasteiger partial charge in [0.15, 0.2) is 11.4 Å². The zero-order chi connectivity index (χ0) is 11.0. The van der Waals surface area contributed by atoms with Crippen LogP contribution in [0.3, 0.4) is 0 Å². The second-order valence-corrected chi connectivity index (χ2v) is 4.50. The Morgan fingerprint density at radius 3 is 2.81 bits per heavy atom. The molecule has 0 N–H and O–H groups in total. The van der Waals surface area contributed by atoms with Gasteiger partial charge in [-0.05, 0) is 30.9 Å². The number of ether oxygens (including phenoxy) is 1. The molecule has 0 spiro atoms. The molecule has 3 rings (SSSR count). The second kappa shape index (κ2) is 3.56. The maximum Gasteiger partial charge on any atom is 0.190 e. The number of benzene rings is 1. The van der Waals surface area contributed by atoms with E-state index in [4.69, 9.17) is 4.74 Å². The van der Waals surface area contributed by atoms with Crippen molar-refractivity contribution >= 4 is 11.9 Å². The third kappa shape index (κ3) is 1.50. The fourth-order valence-electron chi connectivity index (χ4n) is 2.50. The minimum Gasteiger partial charge on any atom is -0.357 e. The number of ketones is 1. The van der Waals surface area contributed by atoms with E-state index in [1.807, 2.05) is 36.4 Å². The SMILES string of the molecule is O=C(/C=C/c1ccccc1)C12CCCC1O2. The van der Waals surface area contributed by atoms with E-state index in [-0.39, 0.29) is 11.9 Å². The fraction of sp³-hybridized carbons (Fsp3) is 0.357. The van der Waals surface area contributed by atoms with Gasteiger partial charge in [0.1, 0.15) is 0 Å². The zero-order valence-electron chi connectivity index (χ0n) is 9.06. The molecule has 0 bridgehead atoms. The van der Waals surface area contributed by atoms with Crippen LogP contribution in [-0.4, -0.2) is 17.5 Å². The number of epoxide rings is 1. The van der Waals surface area contributed by atoms with Gasteiger partial charge in [0.25, 0.3) is 0 Å². The lowest BCUT2D eigenvalue weighted by Gasteiger charge is -2.02. The van der Waals surface area contributed by atoms with Crippen LogP contribution >= 0.6 is 0 Å². The summed E-state index contributed by atoms with van der Waals surface area (Å²) in [7, 11) is 0. The molecule has 2 nitrogen and oxygen atoms in total. The van der Waals surface area contributed by atoms with Crippen LogP contribution in [0.1, 0.15) is 24.8 Å². The van der Waals surface area contributed by atoms with E-state index in [1.54, 1.807) is 6.08 Å². The average Bonchev–Trinajstić information content (AvgIpc) is 2.90. The highest BCUT2D eigenvalue weighted by Crippen LogP contribution is 2.50. The highest BCUT2D eigenvalue weighted by molar-refractivity contribution is 6.02. The van der Waals surface area contributed by atoms with Crippen molar-refractivity contribution in [3.05, 3.63) is 42.0 Å². The van der Waals surface area contributed by atoms with Crippen LogP contribution in [0.5, 0.6) is 0 Å². The van der Waals surface area contributed by atoms with Crippen molar-refractivity contribution in [2.75, 3.05) is 0 Å². The summed E-state index contributed by atoms with van der Waals surface area (Å²) in [6.07, 6.45) is 6.81. The first-order chi connectivity index (χ1) is 7.81. The third-order valence-electron chi connectivity index (χ3n) is 3.47. The first-order valence-corrected chi connectivity index (χ1v) is 5.77. The summed E-state index contributed by atoms with van der Waals surface area (Å²) in [4.78, 5) is 12.0. The Labute approximate surface area is 94.9 Å². The Bertz CT molecular complexity index is 435. The highest BCUT2D eigenvalue weighted by Gasteiger charge is 2.63. The Hall–Kier alpha value is -1.41. The van der Waals surface area contributed by atoms with Crippen LogP contribution in [0.15, 0.2) is 36.4 Å². The number of carbonyl (C=O) groups is 1. The quantitative estimate of drug-likeness (QED) is 0.571. The topological polar surface area (TPSA) is 29.6 Å². The molecule has 2 heteroatoms. The summed E-state index contributed by atoms with van der Waals surface area (Å²) in [6, 6.07) is 9.88. The molecule has 0 radical (unpaired) electrons. The normalized spacial score (nSPS) is 31.6. The van der Waals surface area contributed by atoms with Gasteiger partial charge < -0.3 is 4.74 Å². The molecule has 1 aromatic rings. The lowest BCUT2D eigenvalue weighted by Crippen LogP contribution is -2.21. The summed E-state index contributed by atoms with van der Waals surface area (Å²) in [5, 5.41) is 0. The van der Waals surface area contributed by atoms with Crippen LogP contribution in [0.2, 0.25) is 0 Å². The molecule has 1 saturated carbocycles. The molecule has 1 heterocycles. The largest absolute Gasteiger partial charge is 0.357 e. The van der Waals surface area contributed by atoms with Crippen molar-refractivity contribution in [2.45, 2.75) is 31.0 Å². The van der Waals surface area contributed by atoms with E-state index < -0.39 is 5.60 Å². The molecule has 1 aliphatic heterocycles. The van der Waals surface area contributed by atoms with Gasteiger partial charge in [0.05, 0.1) is 6.10 Å². The van der Waals surface area contributed by atoms with Crippen LogP contribution in [0, 0.1) is 0 Å². The second-order valence-electron chi connectivity index (χ2n) is 4.50. The van der Waals surface area contributed by atoms with Gasteiger partial charge in [-0.15, -0.1) is 0 Å². The molecule has 0 aromatic heterocycles. The first-order valence-electron chi connectivity index (χ1n) is 5.77. The molecule has 1 aliphatic carbocycles. The van der Waals surface area contributed by atoms with Crippen LogP contribution in [0.4, 0.5) is 0 Å². The van der Waals surface area contributed by atoms with E-state index in [9.17, 15) is 4.79 Å². The Morgan fingerprint density at radius 1 is 1.38 bits per heavy atom. The number of carbonyl (C=O) groups excluding carboxylic acids is 1. The summed E-state index contributed by atoms with van der Waals surface area (Å²) in [6.45, 7) is 0. The number of rotatable bonds is 3. The minimum atomic E-state index is -0.425. The van der Waals surface area contributed by atoms with Crippen molar-refractivity contribution in [1.29, 1.82) is 0 Å². The molecule has 2 fully saturated rings. The van der Waals surface area contributed by atoms with E-state index in [0.717, 1.165) is 24.8 Å². The lowest BCUT2D eigenvalue weighted by molar-refractivity contribution is -0.119. The van der Waals surface area contributed by atoms with Crippen molar-refractivity contribution in [3.8, 4) is 0 Å². The molecular weight excluding hydrogens is 200 g/mol. The molecule has 0 amide bonds. The number of hydrogen-bond donors (Lipinski definition) is 0. The summed E-state index contributed by atoms with van der Waals surface area (Å²) < 4.78 is 5.49. The van der Waals surface area contributed by atoms with Gasteiger partial charge in [-0.2, -0.15) is 0 Å². The zero-order valence-corrected chi connectivity index (χ0v) is 9.06. The van der Waals surface area contributed by atoms with E-state index >= 15 is 0 Å². The Kier molecular flexibility index (Phi) is 2.18. The van der Waals surface area contributed by atoms with Gasteiger partial charge in [0, 0.05) is 0 Å². The number of hydrogen-bond acceptors (Lipinski definition) is 2. The van der Waals surface area contributed by atoms with Crippen LogP contribution in [0.25, 0.3) is 6.08 Å². The molecule has 2 atom stereocenters. The predicted octanol–water partition coefficient (Wildman–Crippen LogP) is 2.59. The Morgan fingerprint density at radius 2 is 2.19 bits per heavy atom. The number of fused-ring (bicyclic) bond motifs is 1. The first kappa shape index (κ1) is 9.79. The minimum absolute atomic E-state index is 0.138. The van der Waals surface area contributed by atoms with Gasteiger partial charge in [-0.1, -0.05) is 36.4 Å². The smallest absolute Gasteiger partial charge is 0.190 e. The van der Waals surface area contributed by atoms with E-state index in [2.05, 4.69) is 0 Å². The summed E-state index contributed by atoms with van der Waals surface area (Å²) >= 11 is 0. The van der Waals surface area contributed by atoms with Crippen molar-refractivity contribution in [3.63, 3.8) is 0 Å². The summed E-state index contributed by atoms with van der Waals surface area (Å²) in [5.41, 5.74) is 0.633. The maximum absolute atomic E-state index is 12.0. The highest BCUT2D eigenvalue weighted by atomic mass is 16.6. The molecule has 1 saturated heterocycles. The molecule has 2 aliphatic rings. The molecule has 1 aromatic carbocycles. The van der Waals surface area contributed by atoms with Crippen molar-refractivity contribution in [2.24, 2.45) is 0 Å². The lowest BCUT2D eigenvalue weighted by atomic mass is 10.0. The van der Waals surface area contributed by atoms with Crippen LogP contribution in [-0.2, 0) is 9.53 Å². The van der Waals surface area contributed by atoms with Crippen molar-refractivity contribution in [1.82, 2.24) is 0 Å².